The van der Waals surface area contributed by atoms with Crippen molar-refractivity contribution in [2.75, 3.05) is 0 Å². The first-order valence-electron chi connectivity index (χ1n) is 5.79. The normalized spacial score (nSPS) is 11.7. The summed E-state index contributed by atoms with van der Waals surface area (Å²) in [5.74, 6) is -1.19. The number of esters is 1. The second-order valence-electron chi connectivity index (χ2n) is 3.94. The number of ether oxygens (including phenoxy) is 1. The molecule has 1 unspecified atom stereocenters. The largest absolute Gasteiger partial charge is 0.423 e. The fraction of sp³-hybridized carbons (Fsp3) is 0.0667. The molecule has 0 saturated carbocycles. The molecule has 0 aliphatic heterocycles. The Morgan fingerprint density at radius 2 is 1.55 bits per heavy atom. The lowest BCUT2D eigenvalue weighted by molar-refractivity contribution is -0.133. The number of alkyl halides is 1. The van der Waals surface area contributed by atoms with Gasteiger partial charge in [0.1, 0.15) is 5.75 Å². The zero-order chi connectivity index (χ0) is 14.5. The van der Waals surface area contributed by atoms with E-state index in [1.807, 2.05) is 0 Å². The van der Waals surface area contributed by atoms with E-state index in [9.17, 15) is 9.59 Å². The van der Waals surface area contributed by atoms with E-state index < -0.39 is 17.1 Å². The van der Waals surface area contributed by atoms with E-state index in [0.717, 1.165) is 0 Å². The highest BCUT2D eigenvalue weighted by atomic mass is 35.5. The van der Waals surface area contributed by atoms with Crippen LogP contribution in [0.15, 0.2) is 54.6 Å². The summed E-state index contributed by atoms with van der Waals surface area (Å²) < 4.78 is 5.03. The Balaban J connectivity index is 2.10. The Bertz CT molecular complexity index is 626. The molecule has 0 amide bonds. The molecule has 0 fully saturated rings. The Morgan fingerprint density at radius 3 is 2.20 bits per heavy atom. The first-order chi connectivity index (χ1) is 9.59. The van der Waals surface area contributed by atoms with Crippen LogP contribution in [0.3, 0.4) is 0 Å². The standard InChI is InChI=1S/C15H10Cl2O3/c16-11-8-4-5-9-12(11)20-15(19)13(17)14(18)10-6-2-1-3-7-10/h1-9,13H. The lowest BCUT2D eigenvalue weighted by atomic mass is 10.1. The minimum atomic E-state index is -1.41. The highest BCUT2D eigenvalue weighted by Crippen LogP contribution is 2.24. The third-order valence-corrected chi connectivity index (χ3v) is 3.23. The van der Waals surface area contributed by atoms with Crippen molar-refractivity contribution in [1.82, 2.24) is 0 Å². The Labute approximate surface area is 126 Å². The summed E-state index contributed by atoms with van der Waals surface area (Å²) in [6.45, 7) is 0. The predicted molar refractivity (Wildman–Crippen MR) is 77.5 cm³/mol. The van der Waals surface area contributed by atoms with Gasteiger partial charge >= 0.3 is 5.97 Å². The van der Waals surface area contributed by atoms with E-state index >= 15 is 0 Å². The van der Waals surface area contributed by atoms with Crippen LogP contribution in [0.5, 0.6) is 5.75 Å². The van der Waals surface area contributed by atoms with Gasteiger partial charge in [-0.15, -0.1) is 11.6 Å². The zero-order valence-corrected chi connectivity index (χ0v) is 11.8. The number of hydrogen-bond acceptors (Lipinski definition) is 3. The average molecular weight is 309 g/mol. The summed E-state index contributed by atoms with van der Waals surface area (Å²) in [5, 5.41) is -1.13. The molecule has 0 aliphatic carbocycles. The number of carbonyl (C=O) groups is 2. The van der Waals surface area contributed by atoms with Crippen molar-refractivity contribution in [2.45, 2.75) is 5.38 Å². The number of rotatable bonds is 4. The molecule has 0 N–H and O–H groups in total. The number of halogens is 2. The van der Waals surface area contributed by atoms with Gasteiger partial charge in [0.2, 0.25) is 0 Å². The number of hydrogen-bond donors (Lipinski definition) is 0. The second-order valence-corrected chi connectivity index (χ2v) is 4.79. The summed E-state index contributed by atoms with van der Waals surface area (Å²) >= 11 is 11.7. The molecule has 20 heavy (non-hydrogen) atoms. The van der Waals surface area contributed by atoms with E-state index in [-0.39, 0.29) is 10.8 Å². The molecule has 102 valence electrons. The van der Waals surface area contributed by atoms with Crippen LogP contribution in [0.4, 0.5) is 0 Å². The van der Waals surface area contributed by atoms with Crippen LogP contribution >= 0.6 is 23.2 Å². The maximum Gasteiger partial charge on any atom is 0.337 e. The molecule has 3 nitrogen and oxygen atoms in total. The van der Waals surface area contributed by atoms with E-state index in [2.05, 4.69) is 0 Å². The summed E-state index contributed by atoms with van der Waals surface area (Å²) in [5.41, 5.74) is 0.351. The van der Waals surface area contributed by atoms with Crippen molar-refractivity contribution < 1.29 is 14.3 Å². The summed E-state index contributed by atoms with van der Waals surface area (Å²) in [6, 6.07) is 14.8. The van der Waals surface area contributed by atoms with Crippen molar-refractivity contribution in [3.8, 4) is 5.75 Å². The Hall–Kier alpha value is -1.84. The lowest BCUT2D eigenvalue weighted by Gasteiger charge is -2.09. The molecule has 5 heteroatoms. The Morgan fingerprint density at radius 1 is 0.950 bits per heavy atom. The van der Waals surface area contributed by atoms with Crippen LogP contribution in [-0.4, -0.2) is 17.1 Å². The van der Waals surface area contributed by atoms with E-state index in [4.69, 9.17) is 27.9 Å². The molecule has 0 spiro atoms. The lowest BCUT2D eigenvalue weighted by Crippen LogP contribution is -2.29. The highest BCUT2D eigenvalue weighted by molar-refractivity contribution is 6.43. The minimum absolute atomic E-state index is 0.172. The molecular formula is C15H10Cl2O3. The fourth-order valence-corrected chi connectivity index (χ4v) is 1.89. The Kier molecular flexibility index (Phi) is 4.77. The monoisotopic (exact) mass is 308 g/mol. The third kappa shape index (κ3) is 3.38. The molecule has 2 rings (SSSR count). The smallest absolute Gasteiger partial charge is 0.337 e. The summed E-state index contributed by atoms with van der Waals surface area (Å²) in [6.07, 6.45) is 0. The van der Waals surface area contributed by atoms with Crippen LogP contribution in [0, 0.1) is 0 Å². The zero-order valence-electron chi connectivity index (χ0n) is 10.3. The minimum Gasteiger partial charge on any atom is -0.423 e. The number of carbonyl (C=O) groups excluding carboxylic acids is 2. The van der Waals surface area contributed by atoms with E-state index in [1.165, 1.54) is 6.07 Å². The average Bonchev–Trinajstić information content (AvgIpc) is 2.49. The highest BCUT2D eigenvalue weighted by Gasteiger charge is 2.27. The number of Topliss-reactive ketones (excluding diaryl/α,β-unsaturated/α-hetero) is 1. The first-order valence-corrected chi connectivity index (χ1v) is 6.60. The molecule has 0 saturated heterocycles. The van der Waals surface area contributed by atoms with Crippen molar-refractivity contribution in [3.05, 3.63) is 65.2 Å². The topological polar surface area (TPSA) is 43.4 Å². The van der Waals surface area contributed by atoms with Gasteiger partial charge in [0.05, 0.1) is 5.02 Å². The molecule has 0 heterocycles. The van der Waals surface area contributed by atoms with Crippen molar-refractivity contribution >= 4 is 35.0 Å². The van der Waals surface area contributed by atoms with Gasteiger partial charge in [0.15, 0.2) is 11.2 Å². The van der Waals surface area contributed by atoms with Gasteiger partial charge in [-0.05, 0) is 12.1 Å². The van der Waals surface area contributed by atoms with Crippen molar-refractivity contribution in [3.63, 3.8) is 0 Å². The first kappa shape index (κ1) is 14.6. The van der Waals surface area contributed by atoms with Gasteiger partial charge in [0.25, 0.3) is 0 Å². The quantitative estimate of drug-likeness (QED) is 0.284. The molecule has 2 aromatic carbocycles. The van der Waals surface area contributed by atoms with Crippen molar-refractivity contribution in [2.24, 2.45) is 0 Å². The van der Waals surface area contributed by atoms with Crippen LogP contribution in [0.1, 0.15) is 10.4 Å². The summed E-state index contributed by atoms with van der Waals surface area (Å²) in [7, 11) is 0. The fourth-order valence-electron chi connectivity index (χ4n) is 1.54. The predicted octanol–water partition coefficient (Wildman–Crippen LogP) is 3.74. The maximum absolute atomic E-state index is 12.0. The molecule has 0 aliphatic rings. The molecular weight excluding hydrogens is 299 g/mol. The van der Waals surface area contributed by atoms with Crippen molar-refractivity contribution in [1.29, 1.82) is 0 Å². The third-order valence-electron chi connectivity index (χ3n) is 2.54. The molecule has 2 aromatic rings. The van der Waals surface area contributed by atoms with Gasteiger partial charge < -0.3 is 4.74 Å². The van der Waals surface area contributed by atoms with Crippen LogP contribution in [0.2, 0.25) is 5.02 Å². The van der Waals surface area contributed by atoms with Crippen LogP contribution in [-0.2, 0) is 4.79 Å². The van der Waals surface area contributed by atoms with Gasteiger partial charge in [-0.1, -0.05) is 54.1 Å². The van der Waals surface area contributed by atoms with E-state index in [1.54, 1.807) is 48.5 Å². The maximum atomic E-state index is 12.0. The van der Waals surface area contributed by atoms with Gasteiger partial charge in [-0.25, -0.2) is 4.79 Å². The molecule has 0 bridgehead atoms. The number of ketones is 1. The van der Waals surface area contributed by atoms with E-state index in [0.29, 0.717) is 5.56 Å². The van der Waals surface area contributed by atoms with Gasteiger partial charge in [-0.2, -0.15) is 0 Å². The van der Waals surface area contributed by atoms with Crippen LogP contribution in [0.25, 0.3) is 0 Å². The summed E-state index contributed by atoms with van der Waals surface area (Å²) in [4.78, 5) is 23.8. The van der Waals surface area contributed by atoms with Gasteiger partial charge in [0, 0.05) is 5.56 Å². The number of para-hydroxylation sites is 1. The second kappa shape index (κ2) is 6.55. The SMILES string of the molecule is O=C(Oc1ccccc1Cl)C(Cl)C(=O)c1ccccc1. The molecule has 0 radical (unpaired) electrons. The van der Waals surface area contributed by atoms with Gasteiger partial charge in [-0.3, -0.25) is 4.79 Å². The van der Waals surface area contributed by atoms with Crippen LogP contribution < -0.4 is 4.74 Å². The number of benzene rings is 2. The molecule has 1 atom stereocenters. The molecule has 0 aromatic heterocycles.